The first-order chi connectivity index (χ1) is 15.9. The Bertz CT molecular complexity index is 1530. The average Bonchev–Trinajstić information content (AvgIpc) is 3.17. The number of hydrogen-bond acceptors (Lipinski definition) is 1. The summed E-state index contributed by atoms with van der Waals surface area (Å²) in [6.07, 6.45) is 0. The van der Waals surface area contributed by atoms with E-state index in [-0.39, 0.29) is 5.41 Å². The Kier molecular flexibility index (Phi) is 4.32. The number of nitrogens with zero attached hydrogens (tertiary/aromatic N) is 1. The van der Waals surface area contributed by atoms with Gasteiger partial charge in [-0.15, -0.1) is 0 Å². The van der Waals surface area contributed by atoms with Gasteiger partial charge in [-0.1, -0.05) is 93.6 Å². The van der Waals surface area contributed by atoms with Gasteiger partial charge in [0.15, 0.2) is 0 Å². The molecule has 160 valence electrons. The largest absolute Gasteiger partial charge is 0.248 e. The minimum atomic E-state index is 0.158. The van der Waals surface area contributed by atoms with Crippen LogP contribution >= 0.6 is 0 Å². The molecule has 0 radical (unpaired) electrons. The summed E-state index contributed by atoms with van der Waals surface area (Å²) in [6, 6.07) is 33.1. The number of rotatable bonds is 2. The monoisotopic (exact) mass is 425 g/mol. The van der Waals surface area contributed by atoms with Gasteiger partial charge in [0.05, 0.1) is 11.2 Å². The van der Waals surface area contributed by atoms with E-state index in [0.717, 1.165) is 16.8 Å². The summed E-state index contributed by atoms with van der Waals surface area (Å²) >= 11 is 0. The second-order valence-corrected chi connectivity index (χ2v) is 10.2. The Morgan fingerprint density at radius 1 is 0.606 bits per heavy atom. The molecule has 33 heavy (non-hydrogen) atoms. The summed E-state index contributed by atoms with van der Waals surface area (Å²) in [4.78, 5) is 5.11. The molecule has 1 aliphatic rings. The number of pyridine rings is 1. The van der Waals surface area contributed by atoms with Crippen molar-refractivity contribution in [3.63, 3.8) is 0 Å². The Morgan fingerprint density at radius 3 is 2.09 bits per heavy atom. The third kappa shape index (κ3) is 3.19. The lowest BCUT2D eigenvalue weighted by molar-refractivity contribution is 0.590. The first-order valence-corrected chi connectivity index (χ1v) is 11.7. The third-order valence-electron chi connectivity index (χ3n) is 6.91. The van der Waals surface area contributed by atoms with E-state index in [1.165, 1.54) is 49.9 Å². The van der Waals surface area contributed by atoms with Gasteiger partial charge in [-0.25, -0.2) is 4.98 Å². The Morgan fingerprint density at radius 2 is 1.33 bits per heavy atom. The standard InChI is InChI=1S/C32H27N/c1-20-12-17-28-31-27(25-10-5-6-11-26(25)30(20)31)19-29(33-28)23-9-7-8-22(18-23)21-13-15-24(16-14-21)32(2,3)4/h5-19H,1-4H3. The number of fused-ring (bicyclic) bond motifs is 3. The first-order valence-electron chi connectivity index (χ1n) is 11.7. The van der Waals surface area contributed by atoms with Gasteiger partial charge in [0.25, 0.3) is 0 Å². The van der Waals surface area contributed by atoms with Gasteiger partial charge in [0.2, 0.25) is 0 Å². The molecule has 5 aromatic rings. The maximum atomic E-state index is 5.11. The molecule has 1 aromatic heterocycles. The quantitative estimate of drug-likeness (QED) is 0.270. The van der Waals surface area contributed by atoms with Gasteiger partial charge in [-0.2, -0.15) is 0 Å². The van der Waals surface area contributed by atoms with Crippen LogP contribution in [-0.2, 0) is 5.41 Å². The molecular weight excluding hydrogens is 398 g/mol. The van der Waals surface area contributed by atoms with Gasteiger partial charge in [0.1, 0.15) is 0 Å². The van der Waals surface area contributed by atoms with E-state index in [0.29, 0.717) is 0 Å². The fourth-order valence-electron chi connectivity index (χ4n) is 5.10. The molecule has 0 N–H and O–H groups in total. The highest BCUT2D eigenvalue weighted by Gasteiger charge is 2.24. The molecule has 1 heteroatoms. The average molecular weight is 426 g/mol. The molecule has 0 fully saturated rings. The molecule has 0 amide bonds. The molecule has 0 unspecified atom stereocenters. The summed E-state index contributed by atoms with van der Waals surface area (Å²) in [6.45, 7) is 8.96. The second kappa shape index (κ2) is 7.15. The molecular formula is C32H27N. The van der Waals surface area contributed by atoms with Crippen LogP contribution in [0.5, 0.6) is 0 Å². The fraction of sp³-hybridized carbons (Fsp3) is 0.156. The van der Waals surface area contributed by atoms with Gasteiger partial charge in [-0.05, 0) is 75.0 Å². The van der Waals surface area contributed by atoms with E-state index >= 15 is 0 Å². The Balaban J connectivity index is 1.49. The van der Waals surface area contributed by atoms with Crippen LogP contribution in [0.1, 0.15) is 31.9 Å². The third-order valence-corrected chi connectivity index (χ3v) is 6.91. The van der Waals surface area contributed by atoms with Crippen molar-refractivity contribution in [2.24, 2.45) is 0 Å². The second-order valence-electron chi connectivity index (χ2n) is 10.2. The van der Waals surface area contributed by atoms with Crippen LogP contribution in [0.3, 0.4) is 0 Å². The molecule has 1 heterocycles. The van der Waals surface area contributed by atoms with Crippen LogP contribution in [0.25, 0.3) is 55.5 Å². The van der Waals surface area contributed by atoms with Crippen LogP contribution in [-0.4, -0.2) is 4.98 Å². The van der Waals surface area contributed by atoms with Crippen molar-refractivity contribution in [2.45, 2.75) is 33.1 Å². The summed E-state index contributed by atoms with van der Waals surface area (Å²) in [5.74, 6) is 0. The van der Waals surface area contributed by atoms with Crippen LogP contribution < -0.4 is 0 Å². The van der Waals surface area contributed by atoms with E-state index in [1.807, 2.05) is 0 Å². The minimum Gasteiger partial charge on any atom is -0.248 e. The maximum absolute atomic E-state index is 5.11. The highest BCUT2D eigenvalue weighted by Crippen LogP contribution is 2.49. The summed E-state index contributed by atoms with van der Waals surface area (Å²) in [7, 11) is 0. The summed E-state index contributed by atoms with van der Waals surface area (Å²) in [5, 5.41) is 1.29. The summed E-state index contributed by atoms with van der Waals surface area (Å²) in [5.41, 5.74) is 13.8. The molecule has 0 spiro atoms. The lowest BCUT2D eigenvalue weighted by atomic mass is 9.86. The smallest absolute Gasteiger partial charge is 0.0722 e. The van der Waals surface area contributed by atoms with Crippen molar-refractivity contribution >= 4 is 10.9 Å². The molecule has 0 aliphatic heterocycles. The van der Waals surface area contributed by atoms with E-state index in [1.54, 1.807) is 0 Å². The number of aromatic nitrogens is 1. The lowest BCUT2D eigenvalue weighted by Crippen LogP contribution is -2.10. The molecule has 6 rings (SSSR count). The number of benzene rings is 4. The van der Waals surface area contributed by atoms with Crippen LogP contribution in [0, 0.1) is 6.92 Å². The molecule has 1 aliphatic carbocycles. The zero-order valence-corrected chi connectivity index (χ0v) is 19.6. The maximum Gasteiger partial charge on any atom is 0.0722 e. The van der Waals surface area contributed by atoms with Gasteiger partial charge in [-0.3, -0.25) is 0 Å². The van der Waals surface area contributed by atoms with Crippen molar-refractivity contribution < 1.29 is 0 Å². The van der Waals surface area contributed by atoms with E-state index in [4.69, 9.17) is 4.98 Å². The van der Waals surface area contributed by atoms with Crippen molar-refractivity contribution in [2.75, 3.05) is 0 Å². The Labute approximate surface area is 195 Å². The topological polar surface area (TPSA) is 12.9 Å². The van der Waals surface area contributed by atoms with Crippen LogP contribution in [0.2, 0.25) is 0 Å². The van der Waals surface area contributed by atoms with E-state index < -0.39 is 0 Å². The Hall–Kier alpha value is -3.71. The summed E-state index contributed by atoms with van der Waals surface area (Å²) < 4.78 is 0. The molecule has 0 saturated heterocycles. The van der Waals surface area contributed by atoms with Gasteiger partial charge in [0, 0.05) is 10.9 Å². The molecule has 0 atom stereocenters. The van der Waals surface area contributed by atoms with Crippen LogP contribution in [0.4, 0.5) is 0 Å². The molecule has 4 aromatic carbocycles. The molecule has 0 saturated carbocycles. The normalized spacial score (nSPS) is 12.2. The molecule has 0 bridgehead atoms. The predicted octanol–water partition coefficient (Wildman–Crippen LogP) is 8.82. The highest BCUT2D eigenvalue weighted by molar-refractivity contribution is 6.15. The van der Waals surface area contributed by atoms with Gasteiger partial charge >= 0.3 is 0 Å². The van der Waals surface area contributed by atoms with Crippen molar-refractivity contribution in [3.05, 3.63) is 102 Å². The van der Waals surface area contributed by atoms with Crippen molar-refractivity contribution in [1.82, 2.24) is 4.98 Å². The van der Waals surface area contributed by atoms with Gasteiger partial charge < -0.3 is 0 Å². The minimum absolute atomic E-state index is 0.158. The molecule has 1 nitrogen and oxygen atoms in total. The zero-order chi connectivity index (χ0) is 22.7. The number of aryl methyl sites for hydroxylation is 1. The van der Waals surface area contributed by atoms with E-state index in [9.17, 15) is 0 Å². The first kappa shape index (κ1) is 19.9. The predicted molar refractivity (Wildman–Crippen MR) is 140 cm³/mol. The zero-order valence-electron chi connectivity index (χ0n) is 19.6. The van der Waals surface area contributed by atoms with Crippen LogP contribution in [0.15, 0.2) is 91.0 Å². The lowest BCUT2D eigenvalue weighted by Gasteiger charge is -2.19. The van der Waals surface area contributed by atoms with E-state index in [2.05, 4.69) is 119 Å². The fourth-order valence-corrected chi connectivity index (χ4v) is 5.10. The highest BCUT2D eigenvalue weighted by atomic mass is 14.7. The number of hydrogen-bond donors (Lipinski definition) is 0. The van der Waals surface area contributed by atoms with Crippen molar-refractivity contribution in [1.29, 1.82) is 0 Å². The SMILES string of the molecule is Cc1ccc2nc(-c3cccc(-c4ccc(C(C)(C)C)cc4)c3)cc3c2c1-c1ccccc1-3. The van der Waals surface area contributed by atoms with Crippen molar-refractivity contribution in [3.8, 4) is 44.6 Å².